The van der Waals surface area contributed by atoms with E-state index in [-0.39, 0.29) is 12.4 Å². The lowest BCUT2D eigenvalue weighted by molar-refractivity contribution is 0.974. The molecule has 0 aliphatic carbocycles. The second-order valence-corrected chi connectivity index (χ2v) is 1.91. The molecule has 0 amide bonds. The molecule has 50 valence electrons. The van der Waals surface area contributed by atoms with Crippen LogP contribution in [0.5, 0.6) is 0 Å². The summed E-state index contributed by atoms with van der Waals surface area (Å²) < 4.78 is 0. The molecule has 0 bridgehead atoms. The van der Waals surface area contributed by atoms with Gasteiger partial charge in [-0.15, -0.1) is 12.4 Å². The standard InChI is InChI=1S/C5H5BrN2.ClH/c6-4-5-2-1-3-7-8-5;/h1-3H,4H2;1H. The van der Waals surface area contributed by atoms with Gasteiger partial charge in [-0.25, -0.2) is 0 Å². The highest BCUT2D eigenvalue weighted by Gasteiger charge is 1.84. The molecule has 0 unspecified atom stereocenters. The van der Waals surface area contributed by atoms with E-state index in [4.69, 9.17) is 0 Å². The molecule has 0 aliphatic rings. The van der Waals surface area contributed by atoms with Gasteiger partial charge >= 0.3 is 0 Å². The molecule has 0 aromatic carbocycles. The van der Waals surface area contributed by atoms with Crippen molar-refractivity contribution in [3.05, 3.63) is 24.0 Å². The van der Waals surface area contributed by atoms with Crippen LogP contribution in [0.15, 0.2) is 18.3 Å². The van der Waals surface area contributed by atoms with E-state index in [2.05, 4.69) is 26.1 Å². The van der Waals surface area contributed by atoms with Crippen LogP contribution >= 0.6 is 28.3 Å². The van der Waals surface area contributed by atoms with Crippen LogP contribution in [0.2, 0.25) is 0 Å². The lowest BCUT2D eigenvalue weighted by atomic mass is 10.4. The number of aromatic nitrogens is 2. The minimum absolute atomic E-state index is 0. The monoisotopic (exact) mass is 208 g/mol. The zero-order valence-electron chi connectivity index (χ0n) is 4.62. The highest BCUT2D eigenvalue weighted by molar-refractivity contribution is 9.08. The van der Waals surface area contributed by atoms with Crippen molar-refractivity contribution in [1.82, 2.24) is 10.2 Å². The Labute approximate surface area is 68.2 Å². The van der Waals surface area contributed by atoms with E-state index in [0.29, 0.717) is 0 Å². The molecule has 0 radical (unpaired) electrons. The highest BCUT2D eigenvalue weighted by Crippen LogP contribution is 1.96. The summed E-state index contributed by atoms with van der Waals surface area (Å²) in [7, 11) is 0. The largest absolute Gasteiger partial charge is 0.159 e. The molecule has 1 rings (SSSR count). The molecular formula is C5H6BrClN2. The normalized spacial score (nSPS) is 8.11. The first-order chi connectivity index (χ1) is 3.93. The van der Waals surface area contributed by atoms with E-state index in [1.54, 1.807) is 6.20 Å². The number of nitrogens with zero attached hydrogens (tertiary/aromatic N) is 2. The maximum atomic E-state index is 3.80. The molecule has 1 heterocycles. The summed E-state index contributed by atoms with van der Waals surface area (Å²) in [6.45, 7) is 0. The minimum Gasteiger partial charge on any atom is -0.159 e. The molecule has 1 aromatic rings. The van der Waals surface area contributed by atoms with Crippen molar-refractivity contribution in [2.45, 2.75) is 5.33 Å². The Morgan fingerprint density at radius 1 is 1.56 bits per heavy atom. The number of halogens is 2. The summed E-state index contributed by atoms with van der Waals surface area (Å²) in [6, 6.07) is 3.78. The zero-order valence-corrected chi connectivity index (χ0v) is 7.02. The Morgan fingerprint density at radius 2 is 2.33 bits per heavy atom. The summed E-state index contributed by atoms with van der Waals surface area (Å²) in [6.07, 6.45) is 1.66. The average Bonchev–Trinajstić information content (AvgIpc) is 1.90. The van der Waals surface area contributed by atoms with Crippen LogP contribution < -0.4 is 0 Å². The van der Waals surface area contributed by atoms with Crippen LogP contribution in [0.4, 0.5) is 0 Å². The van der Waals surface area contributed by atoms with E-state index >= 15 is 0 Å². The first-order valence-corrected chi connectivity index (χ1v) is 3.38. The van der Waals surface area contributed by atoms with Crippen molar-refractivity contribution < 1.29 is 0 Å². The van der Waals surface area contributed by atoms with Crippen LogP contribution in [0, 0.1) is 0 Å². The summed E-state index contributed by atoms with van der Waals surface area (Å²) >= 11 is 3.25. The third-order valence-electron chi connectivity index (χ3n) is 0.764. The topological polar surface area (TPSA) is 25.8 Å². The SMILES string of the molecule is BrCc1cccnn1.Cl. The fourth-order valence-corrected chi connectivity index (χ4v) is 0.704. The van der Waals surface area contributed by atoms with Crippen molar-refractivity contribution in [1.29, 1.82) is 0 Å². The van der Waals surface area contributed by atoms with Gasteiger partial charge in [-0.3, -0.25) is 0 Å². The third kappa shape index (κ3) is 2.77. The number of hydrogen-bond donors (Lipinski definition) is 0. The maximum Gasteiger partial charge on any atom is 0.0736 e. The summed E-state index contributed by atoms with van der Waals surface area (Å²) in [5.74, 6) is 0. The molecule has 0 aliphatic heterocycles. The summed E-state index contributed by atoms with van der Waals surface area (Å²) in [4.78, 5) is 0. The van der Waals surface area contributed by atoms with E-state index in [1.165, 1.54) is 0 Å². The predicted molar refractivity (Wildman–Crippen MR) is 41.9 cm³/mol. The quantitative estimate of drug-likeness (QED) is 0.659. The second-order valence-electron chi connectivity index (χ2n) is 1.35. The van der Waals surface area contributed by atoms with Gasteiger partial charge in [-0.1, -0.05) is 15.9 Å². The van der Waals surface area contributed by atoms with E-state index in [0.717, 1.165) is 11.0 Å². The van der Waals surface area contributed by atoms with E-state index in [1.807, 2.05) is 12.1 Å². The molecule has 2 nitrogen and oxygen atoms in total. The number of alkyl halides is 1. The molecule has 0 N–H and O–H groups in total. The zero-order chi connectivity index (χ0) is 5.82. The van der Waals surface area contributed by atoms with E-state index in [9.17, 15) is 0 Å². The van der Waals surface area contributed by atoms with Crippen molar-refractivity contribution in [3.63, 3.8) is 0 Å². The van der Waals surface area contributed by atoms with Gasteiger partial charge in [0.25, 0.3) is 0 Å². The molecule has 9 heavy (non-hydrogen) atoms. The number of rotatable bonds is 1. The Morgan fingerprint density at radius 3 is 2.67 bits per heavy atom. The molecule has 4 heteroatoms. The first-order valence-electron chi connectivity index (χ1n) is 2.26. The fraction of sp³-hybridized carbons (Fsp3) is 0.200. The van der Waals surface area contributed by atoms with Crippen molar-refractivity contribution in [2.24, 2.45) is 0 Å². The lowest BCUT2D eigenvalue weighted by Crippen LogP contribution is -1.84. The molecule has 1 aromatic heterocycles. The Kier molecular flexibility index (Phi) is 4.62. The van der Waals surface area contributed by atoms with Gasteiger partial charge in [0.15, 0.2) is 0 Å². The minimum atomic E-state index is 0. The maximum absolute atomic E-state index is 3.80. The number of hydrogen-bond acceptors (Lipinski definition) is 2. The molecule has 0 saturated carbocycles. The van der Waals surface area contributed by atoms with Crippen LogP contribution in [-0.4, -0.2) is 10.2 Å². The van der Waals surface area contributed by atoms with Gasteiger partial charge in [0.1, 0.15) is 0 Å². The third-order valence-corrected chi connectivity index (χ3v) is 1.34. The van der Waals surface area contributed by atoms with Crippen molar-refractivity contribution in [3.8, 4) is 0 Å². The van der Waals surface area contributed by atoms with Crippen LogP contribution in [0.25, 0.3) is 0 Å². The molecule has 0 fully saturated rings. The molecular weight excluding hydrogens is 203 g/mol. The van der Waals surface area contributed by atoms with Gasteiger partial charge in [-0.05, 0) is 12.1 Å². The molecule has 0 spiro atoms. The van der Waals surface area contributed by atoms with Gasteiger partial charge in [0.2, 0.25) is 0 Å². The second kappa shape index (κ2) is 4.70. The smallest absolute Gasteiger partial charge is 0.0736 e. The van der Waals surface area contributed by atoms with Crippen molar-refractivity contribution in [2.75, 3.05) is 0 Å². The molecule has 0 saturated heterocycles. The van der Waals surface area contributed by atoms with Gasteiger partial charge in [0, 0.05) is 11.5 Å². The molecule has 0 atom stereocenters. The highest BCUT2D eigenvalue weighted by atomic mass is 79.9. The Bertz CT molecular complexity index is 156. The fourth-order valence-electron chi connectivity index (χ4n) is 0.405. The Hall–Kier alpha value is -0.150. The average molecular weight is 209 g/mol. The summed E-state index contributed by atoms with van der Waals surface area (Å²) in [5.41, 5.74) is 0.965. The van der Waals surface area contributed by atoms with E-state index < -0.39 is 0 Å². The Balaban J connectivity index is 0.000000640. The summed E-state index contributed by atoms with van der Waals surface area (Å²) in [5, 5.41) is 8.25. The van der Waals surface area contributed by atoms with Crippen LogP contribution in [0.1, 0.15) is 5.69 Å². The van der Waals surface area contributed by atoms with Crippen LogP contribution in [-0.2, 0) is 5.33 Å². The van der Waals surface area contributed by atoms with Gasteiger partial charge in [-0.2, -0.15) is 10.2 Å². The first kappa shape index (κ1) is 8.85. The van der Waals surface area contributed by atoms with Gasteiger partial charge < -0.3 is 0 Å². The van der Waals surface area contributed by atoms with Crippen molar-refractivity contribution >= 4 is 28.3 Å². The van der Waals surface area contributed by atoms with Gasteiger partial charge in [0.05, 0.1) is 5.69 Å². The predicted octanol–water partition coefficient (Wildman–Crippen LogP) is 1.79. The lowest BCUT2D eigenvalue weighted by Gasteiger charge is -1.86. The van der Waals surface area contributed by atoms with Crippen LogP contribution in [0.3, 0.4) is 0 Å².